The van der Waals surface area contributed by atoms with Crippen LogP contribution >= 0.6 is 0 Å². The molecule has 30 heavy (non-hydrogen) atoms. The van der Waals surface area contributed by atoms with Crippen LogP contribution in [0.1, 0.15) is 34.6 Å². The minimum Gasteiger partial charge on any atom is -0.459 e. The first-order chi connectivity index (χ1) is 14.3. The van der Waals surface area contributed by atoms with E-state index in [0.29, 0.717) is 43.2 Å². The minimum absolute atomic E-state index is 0.163. The maximum Gasteiger partial charge on any atom is 0.338 e. The summed E-state index contributed by atoms with van der Waals surface area (Å²) in [7, 11) is 0. The summed E-state index contributed by atoms with van der Waals surface area (Å²) in [5, 5.41) is 13.9. The third-order valence-electron chi connectivity index (χ3n) is 4.51. The summed E-state index contributed by atoms with van der Waals surface area (Å²) in [6.45, 7) is 5.74. The molecule has 1 fully saturated rings. The Balaban J connectivity index is 1.82. The van der Waals surface area contributed by atoms with Crippen LogP contribution in [0, 0.1) is 10.1 Å². The molecule has 1 amide bonds. The van der Waals surface area contributed by atoms with Gasteiger partial charge in [-0.15, -0.1) is 0 Å². The largest absolute Gasteiger partial charge is 0.459 e. The Labute approximate surface area is 173 Å². The highest BCUT2D eigenvalue weighted by Crippen LogP contribution is 2.27. The Kier molecular flexibility index (Phi) is 6.63. The molecule has 0 aliphatic carbocycles. The lowest BCUT2D eigenvalue weighted by Gasteiger charge is -2.30. The molecule has 1 aliphatic rings. The SMILES string of the molecule is CC(C)OC(=O)c1ccc(NC(=O)c2cc([N+](=O)[O-])ccc2N2CCOCC2)cc1. The van der Waals surface area contributed by atoms with E-state index in [2.05, 4.69) is 5.32 Å². The zero-order valence-electron chi connectivity index (χ0n) is 16.8. The number of nitrogens with one attached hydrogen (secondary N) is 1. The van der Waals surface area contributed by atoms with E-state index >= 15 is 0 Å². The van der Waals surface area contributed by atoms with E-state index in [1.807, 2.05) is 4.90 Å². The Morgan fingerprint density at radius 2 is 1.80 bits per heavy atom. The summed E-state index contributed by atoms with van der Waals surface area (Å²) in [4.78, 5) is 37.5. The van der Waals surface area contributed by atoms with Crippen molar-refractivity contribution in [1.29, 1.82) is 0 Å². The molecule has 0 atom stereocenters. The number of rotatable bonds is 6. The molecule has 0 saturated carbocycles. The maximum atomic E-state index is 12.9. The minimum atomic E-state index is -0.533. The van der Waals surface area contributed by atoms with E-state index in [4.69, 9.17) is 9.47 Å². The standard InChI is InChI=1S/C21H23N3O6/c1-14(2)30-21(26)15-3-5-16(6-4-15)22-20(25)18-13-17(24(27)28)7-8-19(18)23-9-11-29-12-10-23/h3-8,13-14H,9-12H2,1-2H3,(H,22,25). The van der Waals surface area contributed by atoms with Crippen molar-refractivity contribution in [3.63, 3.8) is 0 Å². The summed E-state index contributed by atoms with van der Waals surface area (Å²) >= 11 is 0. The molecule has 158 valence electrons. The molecule has 1 aliphatic heterocycles. The van der Waals surface area contributed by atoms with Gasteiger partial charge in [0.1, 0.15) is 0 Å². The number of hydrogen-bond acceptors (Lipinski definition) is 7. The van der Waals surface area contributed by atoms with Gasteiger partial charge in [0.15, 0.2) is 0 Å². The summed E-state index contributed by atoms with van der Waals surface area (Å²) in [5.74, 6) is -0.922. The van der Waals surface area contributed by atoms with Crippen molar-refractivity contribution in [2.75, 3.05) is 36.5 Å². The van der Waals surface area contributed by atoms with Crippen LogP contribution in [0.15, 0.2) is 42.5 Å². The van der Waals surface area contributed by atoms with Crippen LogP contribution in [0.3, 0.4) is 0 Å². The van der Waals surface area contributed by atoms with Crippen molar-refractivity contribution < 1.29 is 24.0 Å². The van der Waals surface area contributed by atoms with Crippen molar-refractivity contribution in [1.82, 2.24) is 0 Å². The molecule has 1 heterocycles. The van der Waals surface area contributed by atoms with Crippen molar-refractivity contribution >= 4 is 28.9 Å². The number of ether oxygens (including phenoxy) is 2. The monoisotopic (exact) mass is 413 g/mol. The maximum absolute atomic E-state index is 12.9. The Morgan fingerprint density at radius 3 is 2.40 bits per heavy atom. The third kappa shape index (κ3) is 5.12. The number of morpholine rings is 1. The summed E-state index contributed by atoms with van der Waals surface area (Å²) in [6, 6.07) is 10.5. The van der Waals surface area contributed by atoms with E-state index in [0.717, 1.165) is 0 Å². The third-order valence-corrected chi connectivity index (χ3v) is 4.51. The zero-order valence-corrected chi connectivity index (χ0v) is 16.8. The van der Waals surface area contributed by atoms with E-state index in [-0.39, 0.29) is 17.4 Å². The molecular formula is C21H23N3O6. The van der Waals surface area contributed by atoms with Gasteiger partial charge in [-0.3, -0.25) is 14.9 Å². The number of nitro benzene ring substituents is 1. The van der Waals surface area contributed by atoms with Gasteiger partial charge in [0, 0.05) is 30.9 Å². The lowest BCUT2D eigenvalue weighted by atomic mass is 10.1. The van der Waals surface area contributed by atoms with Crippen LogP contribution < -0.4 is 10.2 Å². The number of carbonyl (C=O) groups is 2. The summed E-state index contributed by atoms with van der Waals surface area (Å²) in [5.41, 5.74) is 1.48. The van der Waals surface area contributed by atoms with E-state index in [9.17, 15) is 19.7 Å². The van der Waals surface area contributed by atoms with Crippen LogP contribution in [-0.4, -0.2) is 49.2 Å². The molecule has 0 unspecified atom stereocenters. The quantitative estimate of drug-likeness (QED) is 0.440. The van der Waals surface area contributed by atoms with Crippen LogP contribution in [-0.2, 0) is 9.47 Å². The lowest BCUT2D eigenvalue weighted by molar-refractivity contribution is -0.384. The first-order valence-electron chi connectivity index (χ1n) is 9.58. The first kappa shape index (κ1) is 21.3. The predicted molar refractivity (Wildman–Crippen MR) is 111 cm³/mol. The molecule has 3 rings (SSSR count). The van der Waals surface area contributed by atoms with Crippen LogP contribution in [0.5, 0.6) is 0 Å². The molecule has 0 spiro atoms. The van der Waals surface area contributed by atoms with E-state index < -0.39 is 16.8 Å². The number of carbonyl (C=O) groups excluding carboxylic acids is 2. The van der Waals surface area contributed by atoms with Crippen molar-refractivity contribution in [3.8, 4) is 0 Å². The fourth-order valence-corrected chi connectivity index (χ4v) is 3.07. The lowest BCUT2D eigenvalue weighted by Crippen LogP contribution is -2.37. The second-order valence-corrected chi connectivity index (χ2v) is 7.04. The average Bonchev–Trinajstić information content (AvgIpc) is 2.74. The number of benzene rings is 2. The molecule has 0 aromatic heterocycles. The van der Waals surface area contributed by atoms with E-state index in [1.165, 1.54) is 12.1 Å². The fraction of sp³-hybridized carbons (Fsp3) is 0.333. The normalized spacial score (nSPS) is 13.8. The van der Waals surface area contributed by atoms with Gasteiger partial charge in [0.25, 0.3) is 11.6 Å². The number of amides is 1. The zero-order chi connectivity index (χ0) is 21.7. The molecule has 2 aromatic rings. The second kappa shape index (κ2) is 9.36. The van der Waals surface area contributed by atoms with Crippen molar-refractivity contribution in [3.05, 3.63) is 63.7 Å². The van der Waals surface area contributed by atoms with Gasteiger partial charge < -0.3 is 19.7 Å². The Morgan fingerprint density at radius 1 is 1.13 bits per heavy atom. The van der Waals surface area contributed by atoms with E-state index in [1.54, 1.807) is 44.2 Å². The molecule has 1 saturated heterocycles. The summed E-state index contributed by atoms with van der Waals surface area (Å²) in [6.07, 6.45) is -0.232. The van der Waals surface area contributed by atoms with Crippen LogP contribution in [0.4, 0.5) is 17.1 Å². The van der Waals surface area contributed by atoms with Gasteiger partial charge in [0.2, 0.25) is 0 Å². The smallest absolute Gasteiger partial charge is 0.338 e. The number of esters is 1. The molecule has 0 bridgehead atoms. The molecule has 2 aromatic carbocycles. The number of nitro groups is 1. The molecule has 9 nitrogen and oxygen atoms in total. The number of hydrogen-bond donors (Lipinski definition) is 1. The Bertz CT molecular complexity index is 936. The molecular weight excluding hydrogens is 390 g/mol. The molecule has 9 heteroatoms. The number of non-ortho nitro benzene ring substituents is 1. The second-order valence-electron chi connectivity index (χ2n) is 7.04. The van der Waals surface area contributed by atoms with Crippen LogP contribution in [0.25, 0.3) is 0 Å². The van der Waals surface area contributed by atoms with Gasteiger partial charge in [-0.25, -0.2) is 4.79 Å². The van der Waals surface area contributed by atoms with Crippen LogP contribution in [0.2, 0.25) is 0 Å². The summed E-state index contributed by atoms with van der Waals surface area (Å²) < 4.78 is 10.5. The highest BCUT2D eigenvalue weighted by molar-refractivity contribution is 6.08. The van der Waals surface area contributed by atoms with Crippen molar-refractivity contribution in [2.24, 2.45) is 0 Å². The first-order valence-corrected chi connectivity index (χ1v) is 9.58. The van der Waals surface area contributed by atoms with Gasteiger partial charge >= 0.3 is 5.97 Å². The molecule has 1 N–H and O–H groups in total. The topological polar surface area (TPSA) is 111 Å². The predicted octanol–water partition coefficient (Wildman–Crippen LogP) is 3.25. The van der Waals surface area contributed by atoms with Gasteiger partial charge in [-0.05, 0) is 44.2 Å². The number of nitrogens with zero attached hydrogens (tertiary/aromatic N) is 2. The van der Waals surface area contributed by atoms with Gasteiger partial charge in [0.05, 0.1) is 41.1 Å². The van der Waals surface area contributed by atoms with Crippen molar-refractivity contribution in [2.45, 2.75) is 20.0 Å². The highest BCUT2D eigenvalue weighted by atomic mass is 16.6. The highest BCUT2D eigenvalue weighted by Gasteiger charge is 2.22. The Hall–Kier alpha value is -3.46. The van der Waals surface area contributed by atoms with Gasteiger partial charge in [-0.1, -0.05) is 0 Å². The fourth-order valence-electron chi connectivity index (χ4n) is 3.07. The molecule has 0 radical (unpaired) electrons. The average molecular weight is 413 g/mol. The number of anilines is 2. The van der Waals surface area contributed by atoms with Gasteiger partial charge in [-0.2, -0.15) is 0 Å².